The van der Waals surface area contributed by atoms with Crippen LogP contribution in [0.5, 0.6) is 0 Å². The summed E-state index contributed by atoms with van der Waals surface area (Å²) in [7, 11) is -2.74. The van der Waals surface area contributed by atoms with Gasteiger partial charge in [0.2, 0.25) is 0 Å². The predicted molar refractivity (Wildman–Crippen MR) is 81.7 cm³/mol. The Morgan fingerprint density at radius 1 is 0.962 bits per heavy atom. The molecule has 0 heterocycles. The number of carbonyl (C=O) groups excluding carboxylic acids is 2. The summed E-state index contributed by atoms with van der Waals surface area (Å²) >= 11 is 0. The Hall–Kier alpha value is -2.82. The minimum atomic E-state index is -3.22. The Bertz CT molecular complexity index is 871. The molecule has 0 aliphatic carbocycles. The molecule has 2 aromatic carbocycles. The molecule has 138 valence electrons. The highest BCUT2D eigenvalue weighted by molar-refractivity contribution is 7.85. The van der Waals surface area contributed by atoms with E-state index in [-0.39, 0.29) is 0 Å². The van der Waals surface area contributed by atoms with Crippen LogP contribution in [0.2, 0.25) is 0 Å². The van der Waals surface area contributed by atoms with E-state index in [1.165, 1.54) is 0 Å². The Kier molecular flexibility index (Phi) is 6.03. The van der Waals surface area contributed by atoms with E-state index >= 15 is 0 Å². The van der Waals surface area contributed by atoms with E-state index in [2.05, 4.69) is 0 Å². The van der Waals surface area contributed by atoms with Gasteiger partial charge in [-0.05, 0) is 30.3 Å². The van der Waals surface area contributed by atoms with Crippen molar-refractivity contribution in [2.45, 2.75) is 10.7 Å². The maximum absolute atomic E-state index is 13.8. The summed E-state index contributed by atoms with van der Waals surface area (Å²) in [6.45, 7) is 0. The first-order chi connectivity index (χ1) is 12.2. The molecule has 0 aliphatic rings. The van der Waals surface area contributed by atoms with E-state index < -0.39 is 62.1 Å². The number of benzene rings is 2. The highest BCUT2D eigenvalue weighted by Gasteiger charge is 2.21. The van der Waals surface area contributed by atoms with Crippen molar-refractivity contribution in [2.75, 3.05) is 5.32 Å². The SMILES string of the molecule is O=C(NC(=O)c1c(F)cccc1F)Nc1ccc(S(=O)C(F)F)cc1F. The fraction of sp³-hybridized carbons (Fsp3) is 0.0667. The lowest BCUT2D eigenvalue weighted by molar-refractivity contribution is 0.0959. The Balaban J connectivity index is 2.11. The summed E-state index contributed by atoms with van der Waals surface area (Å²) in [5.74, 6) is -8.24. The second-order valence-electron chi connectivity index (χ2n) is 4.70. The van der Waals surface area contributed by atoms with Crippen LogP contribution in [-0.4, -0.2) is 21.9 Å². The largest absolute Gasteiger partial charge is 0.326 e. The van der Waals surface area contributed by atoms with Gasteiger partial charge in [0.25, 0.3) is 5.91 Å². The molecule has 1 unspecified atom stereocenters. The molecular weight excluding hydrogens is 383 g/mol. The number of nitrogens with one attached hydrogen (secondary N) is 2. The lowest BCUT2D eigenvalue weighted by Crippen LogP contribution is -2.35. The van der Waals surface area contributed by atoms with E-state index in [0.717, 1.165) is 30.3 Å². The number of halogens is 5. The van der Waals surface area contributed by atoms with E-state index in [1.807, 2.05) is 5.32 Å². The number of imide groups is 1. The highest BCUT2D eigenvalue weighted by atomic mass is 32.2. The average Bonchev–Trinajstić information content (AvgIpc) is 2.55. The molecule has 11 heteroatoms. The molecule has 3 amide bonds. The Morgan fingerprint density at radius 3 is 2.12 bits per heavy atom. The third-order valence-corrected chi connectivity index (χ3v) is 4.04. The van der Waals surface area contributed by atoms with Gasteiger partial charge in [0.1, 0.15) is 33.8 Å². The van der Waals surface area contributed by atoms with E-state index in [9.17, 15) is 35.8 Å². The zero-order valence-electron chi connectivity index (χ0n) is 12.6. The van der Waals surface area contributed by atoms with Crippen LogP contribution in [0.25, 0.3) is 0 Å². The van der Waals surface area contributed by atoms with Crippen molar-refractivity contribution in [3.8, 4) is 0 Å². The van der Waals surface area contributed by atoms with Gasteiger partial charge in [0, 0.05) is 4.90 Å². The molecule has 26 heavy (non-hydrogen) atoms. The summed E-state index contributed by atoms with van der Waals surface area (Å²) in [6.07, 6.45) is 0. The number of anilines is 1. The molecule has 2 aromatic rings. The van der Waals surface area contributed by atoms with E-state index in [0.29, 0.717) is 6.07 Å². The fourth-order valence-corrected chi connectivity index (χ4v) is 2.49. The van der Waals surface area contributed by atoms with Crippen LogP contribution in [0.3, 0.4) is 0 Å². The van der Waals surface area contributed by atoms with Crippen molar-refractivity contribution >= 4 is 28.4 Å². The normalized spacial score (nSPS) is 11.9. The number of amides is 3. The van der Waals surface area contributed by atoms with Crippen LogP contribution in [0.15, 0.2) is 41.3 Å². The summed E-state index contributed by atoms with van der Waals surface area (Å²) in [4.78, 5) is 22.9. The monoisotopic (exact) mass is 392 g/mol. The summed E-state index contributed by atoms with van der Waals surface area (Å²) in [5, 5.41) is 3.46. The van der Waals surface area contributed by atoms with Crippen molar-refractivity contribution in [3.63, 3.8) is 0 Å². The van der Waals surface area contributed by atoms with Gasteiger partial charge in [-0.3, -0.25) is 10.1 Å². The number of carbonyl (C=O) groups is 2. The number of alkyl halides is 2. The molecule has 0 bridgehead atoms. The fourth-order valence-electron chi connectivity index (χ4n) is 1.86. The number of hydrogen-bond donors (Lipinski definition) is 2. The Labute approximate surface area is 145 Å². The van der Waals surface area contributed by atoms with Crippen molar-refractivity contribution in [2.24, 2.45) is 0 Å². The smallest absolute Gasteiger partial charge is 0.305 e. The van der Waals surface area contributed by atoms with Gasteiger partial charge in [-0.15, -0.1) is 0 Å². The predicted octanol–water partition coefficient (Wildman–Crippen LogP) is 3.40. The van der Waals surface area contributed by atoms with E-state index in [1.54, 1.807) is 5.32 Å². The first kappa shape index (κ1) is 19.5. The molecule has 0 fully saturated rings. The quantitative estimate of drug-likeness (QED) is 0.784. The zero-order chi connectivity index (χ0) is 19.4. The lowest BCUT2D eigenvalue weighted by Gasteiger charge is -2.09. The molecule has 5 nitrogen and oxygen atoms in total. The molecular formula is C15H9F5N2O3S. The first-order valence-electron chi connectivity index (χ1n) is 6.75. The van der Waals surface area contributed by atoms with Gasteiger partial charge >= 0.3 is 11.8 Å². The summed E-state index contributed by atoms with van der Waals surface area (Å²) in [5.41, 5.74) is -1.54. The molecule has 2 rings (SSSR count). The van der Waals surface area contributed by atoms with E-state index in [4.69, 9.17) is 0 Å². The molecule has 0 saturated carbocycles. The van der Waals surface area contributed by atoms with Crippen LogP contribution in [0.1, 0.15) is 10.4 Å². The minimum absolute atomic E-state index is 0.507. The van der Waals surface area contributed by atoms with Gasteiger partial charge in [0.15, 0.2) is 0 Å². The first-order valence-corrected chi connectivity index (χ1v) is 7.96. The molecule has 2 N–H and O–H groups in total. The van der Waals surface area contributed by atoms with Crippen molar-refractivity contribution in [1.29, 1.82) is 0 Å². The number of urea groups is 1. The van der Waals surface area contributed by atoms with Crippen molar-refractivity contribution < 1.29 is 35.8 Å². The highest BCUT2D eigenvalue weighted by Crippen LogP contribution is 2.20. The number of hydrogen-bond acceptors (Lipinski definition) is 3. The Morgan fingerprint density at radius 2 is 1.58 bits per heavy atom. The van der Waals surface area contributed by atoms with Crippen LogP contribution >= 0.6 is 0 Å². The summed E-state index contributed by atoms with van der Waals surface area (Å²) in [6, 6.07) is 3.56. The standard InChI is InChI=1S/C15H9F5N2O3S/c16-8-2-1-3-9(17)12(8)13(23)22-15(24)21-11-5-4-7(6-10(11)18)26(25)14(19)20/h1-6,14H,(H2,21,22,23,24). The molecule has 0 aliphatic heterocycles. The van der Waals surface area contributed by atoms with Crippen molar-refractivity contribution in [3.05, 3.63) is 59.4 Å². The number of rotatable bonds is 4. The maximum Gasteiger partial charge on any atom is 0.326 e. The molecule has 0 radical (unpaired) electrons. The zero-order valence-corrected chi connectivity index (χ0v) is 13.4. The third-order valence-electron chi connectivity index (χ3n) is 3.00. The second kappa shape index (κ2) is 8.04. The van der Waals surface area contributed by atoms with Gasteiger partial charge in [-0.25, -0.2) is 22.2 Å². The third kappa shape index (κ3) is 4.42. The van der Waals surface area contributed by atoms with Crippen LogP contribution in [-0.2, 0) is 10.8 Å². The molecule has 0 spiro atoms. The molecule has 0 saturated heterocycles. The maximum atomic E-state index is 13.8. The topological polar surface area (TPSA) is 75.3 Å². The van der Waals surface area contributed by atoms with Gasteiger partial charge in [0.05, 0.1) is 5.69 Å². The van der Waals surface area contributed by atoms with Crippen LogP contribution in [0.4, 0.5) is 32.4 Å². The van der Waals surface area contributed by atoms with Crippen molar-refractivity contribution in [1.82, 2.24) is 5.32 Å². The van der Waals surface area contributed by atoms with Crippen LogP contribution in [0, 0.1) is 17.5 Å². The van der Waals surface area contributed by atoms with Gasteiger partial charge < -0.3 is 5.32 Å². The van der Waals surface area contributed by atoms with Gasteiger partial charge in [-0.2, -0.15) is 8.78 Å². The minimum Gasteiger partial charge on any atom is -0.305 e. The van der Waals surface area contributed by atoms with Crippen LogP contribution < -0.4 is 10.6 Å². The lowest BCUT2D eigenvalue weighted by atomic mass is 10.2. The average molecular weight is 392 g/mol. The second-order valence-corrected chi connectivity index (χ2v) is 6.13. The molecule has 1 atom stereocenters. The summed E-state index contributed by atoms with van der Waals surface area (Å²) < 4.78 is 76.5. The van der Waals surface area contributed by atoms with Gasteiger partial charge in [-0.1, -0.05) is 6.07 Å². The molecule has 0 aromatic heterocycles.